The third kappa shape index (κ3) is 4.15. The SMILES string of the molecule is CC1(C)Oc2ccc(C#N)cc2[C@@H](N2CCCC2=O)[C@H]1OCOP(=O)([O-])[O-]. The molecule has 2 atom stereocenters. The van der Waals surface area contributed by atoms with E-state index in [1.165, 1.54) is 0 Å². The summed E-state index contributed by atoms with van der Waals surface area (Å²) in [5, 5.41) is 9.22. The van der Waals surface area contributed by atoms with Crippen molar-refractivity contribution in [3.63, 3.8) is 0 Å². The molecular formula is C17H19N2O7P-2. The summed E-state index contributed by atoms with van der Waals surface area (Å²) in [6.45, 7) is 3.19. The Kier molecular flexibility index (Phi) is 5.30. The van der Waals surface area contributed by atoms with Crippen LogP contribution >= 0.6 is 7.82 Å². The minimum absolute atomic E-state index is 0.0705. The standard InChI is InChI=1S/C17H21N2O7P/c1-17(2)16(24-10-25-27(21,22)23)15(19-7-3-4-14(19)20)12-8-11(9-18)5-6-13(12)26-17/h5-6,8,15-16H,3-4,7,10H2,1-2H3,(H2,21,22,23)/p-2/t15-,16-/m1/s1. The second-order valence-corrected chi connectivity index (χ2v) is 8.14. The summed E-state index contributed by atoms with van der Waals surface area (Å²) in [7, 11) is -5.20. The second-order valence-electron chi connectivity index (χ2n) is 6.99. The molecule has 146 valence electrons. The van der Waals surface area contributed by atoms with E-state index in [2.05, 4.69) is 10.6 Å². The van der Waals surface area contributed by atoms with Crippen molar-refractivity contribution in [3.05, 3.63) is 29.3 Å². The largest absolute Gasteiger partial charge is 0.790 e. The zero-order valence-electron chi connectivity index (χ0n) is 14.9. The maximum atomic E-state index is 12.4. The molecule has 2 heterocycles. The zero-order valence-corrected chi connectivity index (χ0v) is 15.8. The highest BCUT2D eigenvalue weighted by molar-refractivity contribution is 7.43. The van der Waals surface area contributed by atoms with Gasteiger partial charge in [-0.25, -0.2) is 0 Å². The lowest BCUT2D eigenvalue weighted by Crippen LogP contribution is -2.55. The average molecular weight is 394 g/mol. The Morgan fingerprint density at radius 2 is 2.19 bits per heavy atom. The van der Waals surface area contributed by atoms with Crippen molar-refractivity contribution in [3.8, 4) is 11.8 Å². The predicted molar refractivity (Wildman–Crippen MR) is 88.0 cm³/mol. The molecule has 1 aromatic carbocycles. The molecule has 1 fully saturated rings. The van der Waals surface area contributed by atoms with E-state index < -0.39 is 32.4 Å². The summed E-state index contributed by atoms with van der Waals surface area (Å²) >= 11 is 0. The monoisotopic (exact) mass is 394 g/mol. The first-order chi connectivity index (χ1) is 12.6. The van der Waals surface area contributed by atoms with Gasteiger partial charge in [-0.05, 0) is 38.5 Å². The van der Waals surface area contributed by atoms with Crippen molar-refractivity contribution in [1.29, 1.82) is 5.26 Å². The number of fused-ring (bicyclic) bond motifs is 1. The van der Waals surface area contributed by atoms with Gasteiger partial charge in [-0.3, -0.25) is 4.79 Å². The van der Waals surface area contributed by atoms with Crippen LogP contribution < -0.4 is 14.5 Å². The zero-order chi connectivity index (χ0) is 19.8. The normalized spacial score (nSPS) is 24.3. The molecule has 1 amide bonds. The van der Waals surface area contributed by atoms with Crippen LogP contribution in [0.15, 0.2) is 18.2 Å². The van der Waals surface area contributed by atoms with Gasteiger partial charge >= 0.3 is 0 Å². The summed E-state index contributed by atoms with van der Waals surface area (Å²) in [5.41, 5.74) is 0.0433. The quantitative estimate of drug-likeness (QED) is 0.523. The molecule has 2 aliphatic heterocycles. The lowest BCUT2D eigenvalue weighted by molar-refractivity contribution is -0.348. The molecule has 0 radical (unpaired) electrons. The van der Waals surface area contributed by atoms with Crippen molar-refractivity contribution in [2.45, 2.75) is 44.4 Å². The van der Waals surface area contributed by atoms with Crippen LogP contribution in [0.5, 0.6) is 5.75 Å². The fraction of sp³-hybridized carbons (Fsp3) is 0.529. The molecule has 0 aliphatic carbocycles. The molecule has 0 saturated carbocycles. The summed E-state index contributed by atoms with van der Waals surface area (Å²) in [6.07, 6.45) is 0.265. The number of likely N-dealkylation sites (tertiary alicyclic amines) is 1. The van der Waals surface area contributed by atoms with Crippen molar-refractivity contribution < 1.29 is 33.1 Å². The number of nitrogens with zero attached hydrogens (tertiary/aromatic N) is 2. The number of phosphoric ester groups is 1. The molecule has 10 heteroatoms. The molecule has 0 unspecified atom stereocenters. The first kappa shape index (κ1) is 19.8. The highest BCUT2D eigenvalue weighted by atomic mass is 31.2. The molecular weight excluding hydrogens is 375 g/mol. The van der Waals surface area contributed by atoms with Gasteiger partial charge in [0.1, 0.15) is 17.5 Å². The Morgan fingerprint density at radius 3 is 2.78 bits per heavy atom. The number of carbonyl (C=O) groups is 1. The van der Waals surface area contributed by atoms with Crippen LogP contribution in [0.4, 0.5) is 0 Å². The molecule has 0 spiro atoms. The molecule has 1 saturated heterocycles. The Balaban J connectivity index is 2.01. The first-order valence-corrected chi connectivity index (χ1v) is 9.89. The summed E-state index contributed by atoms with van der Waals surface area (Å²) in [4.78, 5) is 35.5. The van der Waals surface area contributed by atoms with Crippen molar-refractivity contribution in [2.24, 2.45) is 0 Å². The number of hydrogen-bond acceptors (Lipinski definition) is 8. The minimum Gasteiger partial charge on any atom is -0.790 e. The number of rotatable bonds is 5. The van der Waals surface area contributed by atoms with Gasteiger partial charge in [0.2, 0.25) is 5.91 Å². The van der Waals surface area contributed by atoms with Gasteiger partial charge in [-0.2, -0.15) is 5.26 Å². The van der Waals surface area contributed by atoms with Gasteiger partial charge < -0.3 is 33.2 Å². The maximum absolute atomic E-state index is 12.4. The van der Waals surface area contributed by atoms with Crippen LogP contribution in [0.3, 0.4) is 0 Å². The van der Waals surface area contributed by atoms with Gasteiger partial charge in [-0.1, -0.05) is 0 Å². The van der Waals surface area contributed by atoms with Gasteiger partial charge in [-0.15, -0.1) is 0 Å². The maximum Gasteiger partial charge on any atom is 0.223 e. The third-order valence-corrected chi connectivity index (χ3v) is 5.13. The number of hydrogen-bond donors (Lipinski definition) is 0. The molecule has 0 N–H and O–H groups in total. The minimum atomic E-state index is -5.20. The summed E-state index contributed by atoms with van der Waals surface area (Å²) in [6, 6.07) is 6.36. The van der Waals surface area contributed by atoms with E-state index in [0.717, 1.165) is 0 Å². The fourth-order valence-corrected chi connectivity index (χ4v) is 3.77. The van der Waals surface area contributed by atoms with E-state index in [0.29, 0.717) is 36.3 Å². The van der Waals surface area contributed by atoms with E-state index in [1.807, 2.05) is 0 Å². The second kappa shape index (κ2) is 7.23. The Bertz CT molecular complexity index is 829. The number of carbonyl (C=O) groups excluding carboxylic acids is 1. The average Bonchev–Trinajstić information content (AvgIpc) is 2.99. The van der Waals surface area contributed by atoms with Gasteiger partial charge in [0.15, 0.2) is 6.79 Å². The third-order valence-electron chi connectivity index (χ3n) is 4.71. The lowest BCUT2D eigenvalue weighted by atomic mass is 9.85. The Hall–Kier alpha value is -1.95. The molecule has 0 aromatic heterocycles. The first-order valence-electron chi connectivity index (χ1n) is 8.43. The topological polar surface area (TPSA) is 135 Å². The Morgan fingerprint density at radius 1 is 1.44 bits per heavy atom. The number of nitriles is 1. The van der Waals surface area contributed by atoms with Crippen LogP contribution in [-0.4, -0.2) is 35.8 Å². The van der Waals surface area contributed by atoms with Gasteiger partial charge in [0, 0.05) is 18.5 Å². The number of amides is 1. The molecule has 27 heavy (non-hydrogen) atoms. The summed E-state index contributed by atoms with van der Waals surface area (Å²) < 4.78 is 26.5. The van der Waals surface area contributed by atoms with E-state index in [4.69, 9.17) is 9.47 Å². The fourth-order valence-electron chi connectivity index (χ4n) is 3.58. The number of benzene rings is 1. The van der Waals surface area contributed by atoms with Gasteiger partial charge in [0.25, 0.3) is 0 Å². The van der Waals surface area contributed by atoms with E-state index in [-0.39, 0.29) is 5.91 Å². The lowest BCUT2D eigenvalue weighted by Gasteiger charge is -2.47. The molecule has 1 aromatic rings. The Labute approximate surface area is 156 Å². The number of ether oxygens (including phenoxy) is 2. The molecule has 2 aliphatic rings. The van der Waals surface area contributed by atoms with Crippen LogP contribution in [0.2, 0.25) is 0 Å². The molecule has 0 bridgehead atoms. The van der Waals surface area contributed by atoms with Crippen LogP contribution in [0, 0.1) is 11.3 Å². The highest BCUT2D eigenvalue weighted by Crippen LogP contribution is 2.46. The van der Waals surface area contributed by atoms with E-state index >= 15 is 0 Å². The van der Waals surface area contributed by atoms with Crippen molar-refractivity contribution in [1.82, 2.24) is 4.90 Å². The van der Waals surface area contributed by atoms with E-state index in [1.54, 1.807) is 36.9 Å². The van der Waals surface area contributed by atoms with Crippen molar-refractivity contribution >= 4 is 13.7 Å². The highest BCUT2D eigenvalue weighted by Gasteiger charge is 2.49. The van der Waals surface area contributed by atoms with E-state index in [9.17, 15) is 24.4 Å². The number of phosphoric acid groups is 1. The van der Waals surface area contributed by atoms with Crippen LogP contribution in [0.1, 0.15) is 43.9 Å². The van der Waals surface area contributed by atoms with Crippen LogP contribution in [0.25, 0.3) is 0 Å². The predicted octanol–water partition coefficient (Wildman–Crippen LogP) is 0.581. The molecule has 3 rings (SSSR count). The van der Waals surface area contributed by atoms with Gasteiger partial charge in [0.05, 0.1) is 25.5 Å². The van der Waals surface area contributed by atoms with Crippen LogP contribution in [-0.2, 0) is 18.6 Å². The smallest absolute Gasteiger partial charge is 0.223 e. The van der Waals surface area contributed by atoms with Crippen molar-refractivity contribution in [2.75, 3.05) is 13.3 Å². The summed E-state index contributed by atoms with van der Waals surface area (Å²) in [5.74, 6) is 0.446. The molecule has 9 nitrogen and oxygen atoms in total.